The molecule has 0 aliphatic rings. The Labute approximate surface area is 340 Å². The van der Waals surface area contributed by atoms with E-state index in [1.165, 1.54) is 0 Å². The van der Waals surface area contributed by atoms with Crippen molar-refractivity contribution in [1.82, 2.24) is 0 Å². The maximum absolute atomic E-state index is 9.69. The van der Waals surface area contributed by atoms with Gasteiger partial charge in [-0.05, 0) is 102 Å². The molecule has 0 fully saturated rings. The molecule has 9 aromatic rings. The second-order valence-corrected chi connectivity index (χ2v) is 10.7. The standard InChI is InChI=1S/C50H35N/c1-3-13-36(14-4-1)49-34-33-44(35-50(49)39-15-5-2-6-16-39)51(42-29-25-40(26-30-42)47-23-11-19-37-17-7-9-21-45(37)47)43-31-27-41(28-32-43)48-24-12-20-38-18-8-10-22-46(38)48/h1-35H/i1D,2D,3D,4D,5D,6D,7D,8D,9D,10D,11D,12D,13D,15D,17D,18D,19D,20D,21D,22D,23D,24D,25D,26D,27D,28D,29D,30D,34D. The van der Waals surface area contributed by atoms with Crippen molar-refractivity contribution in [1.29, 1.82) is 0 Å². The van der Waals surface area contributed by atoms with Crippen molar-refractivity contribution in [2.24, 2.45) is 0 Å². The lowest BCUT2D eigenvalue weighted by Crippen LogP contribution is -2.10. The van der Waals surface area contributed by atoms with E-state index < -0.39 is 236 Å². The van der Waals surface area contributed by atoms with Crippen LogP contribution in [0.25, 0.3) is 66.1 Å². The molecule has 1 heteroatoms. The average Bonchev–Trinajstić information content (AvgIpc) is 3.48. The van der Waals surface area contributed by atoms with Crippen LogP contribution in [0.5, 0.6) is 0 Å². The molecule has 0 saturated heterocycles. The summed E-state index contributed by atoms with van der Waals surface area (Å²) in [6.07, 6.45) is 0. The predicted molar refractivity (Wildman–Crippen MR) is 218 cm³/mol. The number of fused-ring (bicyclic) bond motifs is 2. The van der Waals surface area contributed by atoms with E-state index in [1.807, 2.05) is 0 Å². The molecule has 1 nitrogen and oxygen atoms in total. The van der Waals surface area contributed by atoms with E-state index >= 15 is 0 Å². The van der Waals surface area contributed by atoms with Crippen LogP contribution in [0, 0.1) is 0 Å². The van der Waals surface area contributed by atoms with Crippen LogP contribution in [0.1, 0.15) is 39.8 Å². The van der Waals surface area contributed by atoms with Gasteiger partial charge in [0.1, 0.15) is 0 Å². The average molecular weight is 679 g/mol. The smallest absolute Gasteiger partial charge is 0.0645 e. The molecule has 0 spiro atoms. The Morgan fingerprint density at radius 3 is 1.43 bits per heavy atom. The van der Waals surface area contributed by atoms with Crippen molar-refractivity contribution in [3.8, 4) is 44.5 Å². The van der Waals surface area contributed by atoms with Crippen LogP contribution in [0.4, 0.5) is 17.1 Å². The molecule has 240 valence electrons. The molecule has 9 aromatic carbocycles. The van der Waals surface area contributed by atoms with Crippen molar-refractivity contribution >= 4 is 38.6 Å². The van der Waals surface area contributed by atoms with Crippen LogP contribution in [0.3, 0.4) is 0 Å². The van der Waals surface area contributed by atoms with Crippen LogP contribution >= 0.6 is 0 Å². The largest absolute Gasteiger partial charge is 0.310 e. The summed E-state index contributed by atoms with van der Waals surface area (Å²) >= 11 is 0. The zero-order valence-electron chi connectivity index (χ0n) is 54.9. The van der Waals surface area contributed by atoms with E-state index in [0.29, 0.717) is 0 Å². The molecule has 0 radical (unpaired) electrons. The third-order valence-corrected chi connectivity index (χ3v) is 7.79. The van der Waals surface area contributed by atoms with Gasteiger partial charge in [0.25, 0.3) is 0 Å². The first kappa shape index (κ1) is 12.6. The van der Waals surface area contributed by atoms with Crippen molar-refractivity contribution in [3.63, 3.8) is 0 Å². The molecule has 9 rings (SSSR count). The molecule has 51 heavy (non-hydrogen) atoms. The SMILES string of the molecule is [2H]c1cc(-c2cc(N(c3cc([2H])c(-c4c([2H])c([2H])c([2H])c5c([2H])c([2H])c([2H])c([2H])c45)c([2H])c3)c3c([2H])c([2H])c(-c4c([2H])c([2H])c([2H])c5c([2H])c([2H])c([2H])c([2H])c45)c([2H])c3[2H])cc([2H])c2-c2cc([2H])c([2H])c([2H])c2[2H])c([2H])c([2H])c1[2H]. The fraction of sp³-hybridized carbons (Fsp3) is 0. The summed E-state index contributed by atoms with van der Waals surface area (Å²) in [6.45, 7) is 0. The van der Waals surface area contributed by atoms with Gasteiger partial charge in [0, 0.05) is 17.1 Å². The highest BCUT2D eigenvalue weighted by molar-refractivity contribution is 5.98. The minimum atomic E-state index is -1.03. The molecule has 0 aliphatic heterocycles. The second-order valence-electron chi connectivity index (χ2n) is 10.7. The summed E-state index contributed by atoms with van der Waals surface area (Å²) in [4.78, 5) is 0.880. The van der Waals surface area contributed by atoms with E-state index in [2.05, 4.69) is 0 Å². The van der Waals surface area contributed by atoms with Gasteiger partial charge in [-0.25, -0.2) is 0 Å². The van der Waals surface area contributed by atoms with Crippen LogP contribution in [0.2, 0.25) is 0 Å². The van der Waals surface area contributed by atoms with Gasteiger partial charge in [-0.15, -0.1) is 0 Å². The quantitative estimate of drug-likeness (QED) is 0.162. The summed E-state index contributed by atoms with van der Waals surface area (Å²) in [6, 6.07) is -17.3. The monoisotopic (exact) mass is 678 g/mol. The van der Waals surface area contributed by atoms with Crippen molar-refractivity contribution in [3.05, 3.63) is 212 Å². The van der Waals surface area contributed by atoms with E-state index in [-0.39, 0.29) is 22.3 Å². The van der Waals surface area contributed by atoms with Gasteiger partial charge in [0.2, 0.25) is 0 Å². The first-order valence-corrected chi connectivity index (χ1v) is 15.1. The topological polar surface area (TPSA) is 3.24 Å². The first-order chi connectivity index (χ1) is 37.3. The van der Waals surface area contributed by atoms with Crippen LogP contribution < -0.4 is 4.90 Å². The summed E-state index contributed by atoms with van der Waals surface area (Å²) in [5.74, 6) is 0. The Bertz CT molecular complexity index is 4240. The Hall–Kier alpha value is -6.70. The molecule has 0 aliphatic carbocycles. The van der Waals surface area contributed by atoms with Crippen LogP contribution in [-0.2, 0) is 0 Å². The third kappa shape index (κ3) is 5.86. The fourth-order valence-corrected chi connectivity index (χ4v) is 5.49. The summed E-state index contributed by atoms with van der Waals surface area (Å²) in [7, 11) is 0. The summed E-state index contributed by atoms with van der Waals surface area (Å²) in [5.41, 5.74) is -5.58. The lowest BCUT2D eigenvalue weighted by atomic mass is 9.93. The number of anilines is 3. The van der Waals surface area contributed by atoms with Gasteiger partial charge in [-0.3, -0.25) is 0 Å². The summed E-state index contributed by atoms with van der Waals surface area (Å²) in [5, 5.41) is -2.17. The van der Waals surface area contributed by atoms with E-state index in [0.717, 1.165) is 41.3 Å². The minimum absolute atomic E-state index is 0.339. The van der Waals surface area contributed by atoms with Crippen molar-refractivity contribution in [2.45, 2.75) is 0 Å². The van der Waals surface area contributed by atoms with Gasteiger partial charge in [-0.2, -0.15) is 0 Å². The third-order valence-electron chi connectivity index (χ3n) is 7.79. The minimum Gasteiger partial charge on any atom is -0.310 e. The highest BCUT2D eigenvalue weighted by Crippen LogP contribution is 2.42. The van der Waals surface area contributed by atoms with Crippen LogP contribution in [-0.4, -0.2) is 0 Å². The lowest BCUT2D eigenvalue weighted by molar-refractivity contribution is 1.28. The van der Waals surface area contributed by atoms with E-state index in [1.54, 1.807) is 0 Å². The van der Waals surface area contributed by atoms with Gasteiger partial charge in [0.05, 0.1) is 39.8 Å². The number of hydrogen-bond donors (Lipinski definition) is 0. The van der Waals surface area contributed by atoms with Gasteiger partial charge in [0.15, 0.2) is 0 Å². The molecular formula is C50H35N. The van der Waals surface area contributed by atoms with Gasteiger partial charge in [-0.1, -0.05) is 175 Å². The Morgan fingerprint density at radius 1 is 0.294 bits per heavy atom. The highest BCUT2D eigenvalue weighted by Gasteiger charge is 2.17. The highest BCUT2D eigenvalue weighted by atomic mass is 15.1. The molecular weight excluding hydrogens is 615 g/mol. The molecule has 0 heterocycles. The molecule has 0 unspecified atom stereocenters. The number of rotatable bonds is 7. The zero-order chi connectivity index (χ0) is 59.2. The molecule has 0 saturated carbocycles. The molecule has 0 atom stereocenters. The number of benzene rings is 9. The molecule has 0 amide bonds. The molecule has 0 aromatic heterocycles. The van der Waals surface area contributed by atoms with Gasteiger partial charge >= 0.3 is 0 Å². The van der Waals surface area contributed by atoms with Crippen molar-refractivity contribution in [2.75, 3.05) is 4.90 Å². The van der Waals surface area contributed by atoms with E-state index in [9.17, 15) is 9.60 Å². The second kappa shape index (κ2) is 13.3. The Balaban J connectivity index is 1.45. The Kier molecular flexibility index (Phi) is 3.28. The maximum atomic E-state index is 9.69. The number of nitrogens with zero attached hydrogens (tertiary/aromatic N) is 1. The molecule has 0 bridgehead atoms. The Morgan fingerprint density at radius 2 is 0.804 bits per heavy atom. The molecule has 0 N–H and O–H groups in total. The van der Waals surface area contributed by atoms with Crippen LogP contribution in [0.15, 0.2) is 212 Å². The van der Waals surface area contributed by atoms with Crippen molar-refractivity contribution < 1.29 is 39.8 Å². The maximum Gasteiger partial charge on any atom is 0.0645 e. The lowest BCUT2D eigenvalue weighted by Gasteiger charge is -2.27. The number of hydrogen-bond acceptors (Lipinski definition) is 1. The zero-order valence-corrected chi connectivity index (χ0v) is 25.9. The summed E-state index contributed by atoms with van der Waals surface area (Å²) < 4.78 is 256. The fourth-order valence-electron chi connectivity index (χ4n) is 5.49. The predicted octanol–water partition coefficient (Wildman–Crippen LogP) is 14.1. The van der Waals surface area contributed by atoms with E-state index in [4.69, 9.17) is 30.2 Å². The van der Waals surface area contributed by atoms with Gasteiger partial charge < -0.3 is 4.90 Å². The first-order valence-electron chi connectivity index (χ1n) is 29.6. The normalized spacial score (nSPS) is 19.1.